The van der Waals surface area contributed by atoms with Gasteiger partial charge in [-0.3, -0.25) is 0 Å². The van der Waals surface area contributed by atoms with Crippen molar-refractivity contribution < 1.29 is 14.6 Å². The Kier molecular flexibility index (Phi) is 3.40. The summed E-state index contributed by atoms with van der Waals surface area (Å²) in [6.07, 6.45) is -0.630. The van der Waals surface area contributed by atoms with Gasteiger partial charge in [0.25, 0.3) is 0 Å². The molecule has 1 N–H and O–H groups in total. The standard InChI is InChI=1S/C14H12O3/c15-14(16)17-13-9-5-4-8-12(13)10-11-6-2-1-3-7-11/h1-9H,10H2,(H,15,16). The van der Waals surface area contributed by atoms with Gasteiger partial charge >= 0.3 is 6.16 Å². The predicted octanol–water partition coefficient (Wildman–Crippen LogP) is 3.33. The molecule has 0 atom stereocenters. The van der Waals surface area contributed by atoms with Crippen molar-refractivity contribution in [3.8, 4) is 5.75 Å². The lowest BCUT2D eigenvalue weighted by atomic mass is 10.0. The molecule has 0 saturated heterocycles. The van der Waals surface area contributed by atoms with E-state index in [-0.39, 0.29) is 0 Å². The molecule has 0 unspecified atom stereocenters. The van der Waals surface area contributed by atoms with Crippen LogP contribution in [0.1, 0.15) is 11.1 Å². The lowest BCUT2D eigenvalue weighted by Crippen LogP contribution is -2.05. The van der Waals surface area contributed by atoms with Crippen LogP contribution in [0.2, 0.25) is 0 Å². The van der Waals surface area contributed by atoms with E-state index in [0.717, 1.165) is 11.1 Å². The van der Waals surface area contributed by atoms with Gasteiger partial charge < -0.3 is 9.84 Å². The van der Waals surface area contributed by atoms with E-state index < -0.39 is 6.16 Å². The molecule has 0 saturated carbocycles. The minimum atomic E-state index is -1.29. The van der Waals surface area contributed by atoms with Gasteiger partial charge in [0.05, 0.1) is 0 Å². The molecule has 2 aromatic rings. The van der Waals surface area contributed by atoms with E-state index in [0.29, 0.717) is 12.2 Å². The van der Waals surface area contributed by atoms with Crippen molar-refractivity contribution >= 4 is 6.16 Å². The smallest absolute Gasteiger partial charge is 0.449 e. The number of hydrogen-bond donors (Lipinski definition) is 1. The number of hydrogen-bond acceptors (Lipinski definition) is 2. The maximum absolute atomic E-state index is 10.6. The topological polar surface area (TPSA) is 46.5 Å². The van der Waals surface area contributed by atoms with Gasteiger partial charge in [0.15, 0.2) is 0 Å². The van der Waals surface area contributed by atoms with Crippen molar-refractivity contribution in [3.05, 3.63) is 65.7 Å². The summed E-state index contributed by atoms with van der Waals surface area (Å²) in [6.45, 7) is 0. The summed E-state index contributed by atoms with van der Waals surface area (Å²) in [6, 6.07) is 17.0. The zero-order valence-electron chi connectivity index (χ0n) is 9.17. The van der Waals surface area contributed by atoms with E-state index in [9.17, 15) is 4.79 Å². The zero-order chi connectivity index (χ0) is 12.1. The Morgan fingerprint density at radius 3 is 2.35 bits per heavy atom. The average molecular weight is 228 g/mol. The summed E-state index contributed by atoms with van der Waals surface area (Å²) in [5.74, 6) is 0.392. The lowest BCUT2D eigenvalue weighted by Gasteiger charge is -2.07. The van der Waals surface area contributed by atoms with Crippen LogP contribution in [0, 0.1) is 0 Å². The van der Waals surface area contributed by atoms with Gasteiger partial charge in [0.2, 0.25) is 0 Å². The highest BCUT2D eigenvalue weighted by Crippen LogP contribution is 2.21. The maximum atomic E-state index is 10.6. The van der Waals surface area contributed by atoms with Crippen LogP contribution in [0.4, 0.5) is 4.79 Å². The van der Waals surface area contributed by atoms with Crippen LogP contribution in [-0.4, -0.2) is 11.3 Å². The van der Waals surface area contributed by atoms with E-state index in [1.807, 2.05) is 42.5 Å². The van der Waals surface area contributed by atoms with Gasteiger partial charge in [-0.15, -0.1) is 0 Å². The molecular weight excluding hydrogens is 216 g/mol. The van der Waals surface area contributed by atoms with Crippen LogP contribution < -0.4 is 4.74 Å². The summed E-state index contributed by atoms with van der Waals surface area (Å²) in [7, 11) is 0. The van der Waals surface area contributed by atoms with Crippen LogP contribution in [0.5, 0.6) is 5.75 Å². The minimum absolute atomic E-state index is 0.392. The van der Waals surface area contributed by atoms with E-state index >= 15 is 0 Å². The lowest BCUT2D eigenvalue weighted by molar-refractivity contribution is 0.144. The second-order valence-electron chi connectivity index (χ2n) is 3.64. The second kappa shape index (κ2) is 5.16. The van der Waals surface area contributed by atoms with Crippen molar-refractivity contribution in [1.29, 1.82) is 0 Å². The second-order valence-corrected chi connectivity index (χ2v) is 3.64. The molecule has 0 radical (unpaired) electrons. The van der Waals surface area contributed by atoms with Gasteiger partial charge in [-0.05, 0) is 17.2 Å². The molecule has 86 valence electrons. The van der Waals surface area contributed by atoms with Crippen molar-refractivity contribution in [2.24, 2.45) is 0 Å². The molecule has 2 aromatic carbocycles. The number of rotatable bonds is 3. The average Bonchev–Trinajstić information content (AvgIpc) is 2.32. The maximum Gasteiger partial charge on any atom is 0.511 e. The number of carboxylic acid groups (broad SMARTS) is 1. The predicted molar refractivity (Wildman–Crippen MR) is 64.3 cm³/mol. The monoisotopic (exact) mass is 228 g/mol. The van der Waals surface area contributed by atoms with Crippen LogP contribution in [0.15, 0.2) is 54.6 Å². The summed E-state index contributed by atoms with van der Waals surface area (Å²) >= 11 is 0. The Labute approximate surface area is 99.3 Å². The van der Waals surface area contributed by atoms with Gasteiger partial charge in [-0.25, -0.2) is 4.79 Å². The molecule has 0 spiro atoms. The highest BCUT2D eigenvalue weighted by molar-refractivity contribution is 5.62. The molecule has 0 bridgehead atoms. The summed E-state index contributed by atoms with van der Waals surface area (Å²) < 4.78 is 4.73. The summed E-state index contributed by atoms with van der Waals surface area (Å²) in [4.78, 5) is 10.6. The first-order valence-corrected chi connectivity index (χ1v) is 5.28. The molecule has 2 rings (SSSR count). The van der Waals surface area contributed by atoms with E-state index in [1.54, 1.807) is 12.1 Å². The van der Waals surface area contributed by atoms with Crippen LogP contribution >= 0.6 is 0 Å². The third kappa shape index (κ3) is 3.08. The number of benzene rings is 2. The Morgan fingerprint density at radius 1 is 1.00 bits per heavy atom. The van der Waals surface area contributed by atoms with E-state index in [4.69, 9.17) is 9.84 Å². The van der Waals surface area contributed by atoms with Gasteiger partial charge in [-0.1, -0.05) is 48.5 Å². The first-order valence-electron chi connectivity index (χ1n) is 5.28. The van der Waals surface area contributed by atoms with Crippen LogP contribution in [0.3, 0.4) is 0 Å². The molecule has 0 amide bonds. The Balaban J connectivity index is 2.23. The normalized spacial score (nSPS) is 9.88. The van der Waals surface area contributed by atoms with Crippen molar-refractivity contribution in [2.75, 3.05) is 0 Å². The Bertz CT molecular complexity index is 506. The van der Waals surface area contributed by atoms with Crippen LogP contribution in [-0.2, 0) is 6.42 Å². The molecule has 0 aliphatic carbocycles. The largest absolute Gasteiger partial charge is 0.511 e. The van der Waals surface area contributed by atoms with Crippen molar-refractivity contribution in [2.45, 2.75) is 6.42 Å². The first kappa shape index (κ1) is 11.2. The summed E-state index contributed by atoms with van der Waals surface area (Å²) in [5.41, 5.74) is 1.98. The molecule has 0 fully saturated rings. The van der Waals surface area contributed by atoms with E-state index in [1.165, 1.54) is 0 Å². The van der Waals surface area contributed by atoms with Gasteiger partial charge in [0.1, 0.15) is 5.75 Å². The molecular formula is C14H12O3. The molecule has 0 aliphatic heterocycles. The van der Waals surface area contributed by atoms with Gasteiger partial charge in [-0.2, -0.15) is 0 Å². The fraction of sp³-hybridized carbons (Fsp3) is 0.0714. The SMILES string of the molecule is O=C(O)Oc1ccccc1Cc1ccccc1. The number of carbonyl (C=O) groups is 1. The molecule has 0 aromatic heterocycles. The highest BCUT2D eigenvalue weighted by atomic mass is 16.7. The third-order valence-electron chi connectivity index (χ3n) is 2.41. The van der Waals surface area contributed by atoms with Crippen molar-refractivity contribution in [3.63, 3.8) is 0 Å². The zero-order valence-corrected chi connectivity index (χ0v) is 9.17. The molecule has 3 nitrogen and oxygen atoms in total. The van der Waals surface area contributed by atoms with Crippen LogP contribution in [0.25, 0.3) is 0 Å². The fourth-order valence-electron chi connectivity index (χ4n) is 1.66. The minimum Gasteiger partial charge on any atom is -0.449 e. The van der Waals surface area contributed by atoms with E-state index in [2.05, 4.69) is 0 Å². The van der Waals surface area contributed by atoms with Gasteiger partial charge in [0, 0.05) is 6.42 Å². The summed E-state index contributed by atoms with van der Waals surface area (Å²) in [5, 5.41) is 8.64. The first-order chi connectivity index (χ1) is 8.25. The van der Waals surface area contributed by atoms with Crippen molar-refractivity contribution in [1.82, 2.24) is 0 Å². The Hall–Kier alpha value is -2.29. The highest BCUT2D eigenvalue weighted by Gasteiger charge is 2.07. The Morgan fingerprint density at radius 2 is 1.65 bits per heavy atom. The number of para-hydroxylation sites is 1. The molecule has 0 heterocycles. The third-order valence-corrected chi connectivity index (χ3v) is 2.41. The molecule has 0 aliphatic rings. The number of ether oxygens (including phenoxy) is 1. The molecule has 17 heavy (non-hydrogen) atoms. The fourth-order valence-corrected chi connectivity index (χ4v) is 1.66. The quantitative estimate of drug-likeness (QED) is 0.647. The molecule has 3 heteroatoms.